The molecule has 0 spiro atoms. The van der Waals surface area contributed by atoms with Crippen LogP contribution in [0.3, 0.4) is 0 Å². The van der Waals surface area contributed by atoms with Crippen molar-refractivity contribution < 1.29 is 170 Å². The second-order valence-corrected chi connectivity index (χ2v) is 19.8. The van der Waals surface area contributed by atoms with Gasteiger partial charge in [-0.2, -0.15) is 19.8 Å². The molecule has 7 aromatic carbocycles. The molecule has 9 aromatic rings. The second kappa shape index (κ2) is 21.5. The van der Waals surface area contributed by atoms with Crippen LogP contribution in [0.5, 0.6) is 0 Å². The first-order chi connectivity index (χ1) is 30.6. The Morgan fingerprint density at radius 2 is 1.03 bits per heavy atom. The Bertz CT molecular complexity index is 4060. The van der Waals surface area contributed by atoms with Gasteiger partial charge in [0, 0.05) is 16.2 Å². The van der Waals surface area contributed by atoms with Gasteiger partial charge in [-0.05, 0) is 95.7 Å². The maximum atomic E-state index is 12.5. The van der Waals surface area contributed by atoms with Crippen LogP contribution in [-0.2, 0) is 40.5 Å². The number of rotatable bonds is 10. The van der Waals surface area contributed by atoms with E-state index in [2.05, 4.69) is 30.6 Å². The van der Waals surface area contributed by atoms with E-state index >= 15 is 0 Å². The molecule has 328 valence electrons. The third-order valence-corrected chi connectivity index (χ3v) is 13.6. The summed E-state index contributed by atoms with van der Waals surface area (Å²) < 4.78 is 145. The molecule has 0 aliphatic rings. The fourth-order valence-electron chi connectivity index (χ4n) is 7.10. The normalized spacial score (nSPS) is 12.3. The van der Waals surface area contributed by atoms with Gasteiger partial charge in [0.15, 0.2) is 0 Å². The largest absolute Gasteiger partial charge is 1.00 e. The Labute approximate surface area is 481 Å². The number of azo groups is 1. The van der Waals surface area contributed by atoms with E-state index in [0.29, 0.717) is 38.7 Å². The fraction of sp³-hybridized carbons (Fsp3) is 0.0244. The standard InChI is InChI=1S/C41H28N8O12S4.4Na/c1-23-18-28(48-44-35-16-10-26-19-30(62(50,51)52)14-15-31(26)40(35)46-48)13-17-34(23)43-42-27-11-8-24(37(20-27)63(53,54)55)6-7-25-9-12-29(21-38(25)64(56,57)58)49-45-36-22-39(65(59,60)61)32-4-2-3-5-33(32)41(36)47-49;;;;/h2-22H,1H3,(H,50,51,52)(H,53,54,55)(H,56,57,58)(H,59,60,61);;;;/q;4*+1/p-4/b7-6+,43-42?;;;;. The van der Waals surface area contributed by atoms with Gasteiger partial charge in [-0.3, -0.25) is 0 Å². The van der Waals surface area contributed by atoms with Crippen LogP contribution in [0.4, 0.5) is 11.4 Å². The molecule has 0 saturated carbocycles. The molecule has 20 nitrogen and oxygen atoms in total. The summed E-state index contributed by atoms with van der Waals surface area (Å²) in [5, 5.41) is 27.4. The van der Waals surface area contributed by atoms with Crippen LogP contribution >= 0.6 is 0 Å². The molecule has 0 N–H and O–H groups in total. The van der Waals surface area contributed by atoms with Crippen LogP contribution in [0.15, 0.2) is 145 Å². The summed E-state index contributed by atoms with van der Waals surface area (Å²) in [5.41, 5.74) is 2.19. The second-order valence-electron chi connectivity index (χ2n) is 14.3. The minimum atomic E-state index is -5.21. The molecular weight excluding hydrogens is 1020 g/mol. The van der Waals surface area contributed by atoms with Gasteiger partial charge in [0.2, 0.25) is 0 Å². The number of nitrogens with zero attached hydrogens (tertiary/aromatic N) is 8. The Balaban J connectivity index is 0.00000222. The smallest absolute Gasteiger partial charge is 0.744 e. The summed E-state index contributed by atoms with van der Waals surface area (Å²) in [4.78, 5) is -0.0785. The molecule has 0 fully saturated rings. The van der Waals surface area contributed by atoms with E-state index in [0.717, 1.165) is 35.1 Å². The van der Waals surface area contributed by atoms with E-state index in [-0.39, 0.29) is 167 Å². The van der Waals surface area contributed by atoms with Crippen molar-refractivity contribution in [3.63, 3.8) is 0 Å². The van der Waals surface area contributed by atoms with E-state index in [1.807, 2.05) is 0 Å². The molecule has 0 bridgehead atoms. The molecule has 0 amide bonds. The summed E-state index contributed by atoms with van der Waals surface area (Å²) in [7, 11) is -20.0. The number of aryl methyl sites for hydroxylation is 1. The van der Waals surface area contributed by atoms with Gasteiger partial charge in [0.1, 0.15) is 62.5 Å². The molecule has 0 radical (unpaired) electrons. The third-order valence-electron chi connectivity index (χ3n) is 10.1. The van der Waals surface area contributed by atoms with Crippen LogP contribution < -0.4 is 118 Å². The molecule has 0 atom stereocenters. The molecule has 0 saturated heterocycles. The van der Waals surface area contributed by atoms with E-state index in [1.165, 1.54) is 65.5 Å². The molecule has 9 rings (SSSR count). The maximum Gasteiger partial charge on any atom is 1.00 e. The fourth-order valence-corrected chi connectivity index (χ4v) is 9.69. The summed E-state index contributed by atoms with van der Waals surface area (Å²) >= 11 is 0. The van der Waals surface area contributed by atoms with Crippen molar-refractivity contribution in [2.24, 2.45) is 10.2 Å². The average molecular weight is 1040 g/mol. The van der Waals surface area contributed by atoms with Gasteiger partial charge in [-0.15, -0.1) is 20.4 Å². The van der Waals surface area contributed by atoms with Crippen molar-refractivity contribution >= 4 is 108 Å². The molecule has 2 heterocycles. The number of fused-ring (bicyclic) bond motifs is 6. The maximum absolute atomic E-state index is 12.5. The van der Waals surface area contributed by atoms with Gasteiger partial charge in [-0.25, -0.2) is 33.7 Å². The Morgan fingerprint density at radius 3 is 1.64 bits per heavy atom. The first kappa shape index (κ1) is 56.8. The topological polar surface area (TPSA) is 315 Å². The first-order valence-electron chi connectivity index (χ1n) is 18.5. The van der Waals surface area contributed by atoms with Crippen molar-refractivity contribution in [2.75, 3.05) is 0 Å². The van der Waals surface area contributed by atoms with E-state index in [1.54, 1.807) is 43.3 Å². The Kier molecular flexibility index (Phi) is 17.7. The van der Waals surface area contributed by atoms with Gasteiger partial charge in [0.05, 0.1) is 42.3 Å². The molecule has 0 aliphatic carbocycles. The van der Waals surface area contributed by atoms with Crippen molar-refractivity contribution in [1.29, 1.82) is 0 Å². The minimum absolute atomic E-state index is 0. The van der Waals surface area contributed by atoms with Crippen LogP contribution in [0.25, 0.3) is 67.1 Å². The zero-order valence-electron chi connectivity index (χ0n) is 36.7. The molecule has 2 aromatic heterocycles. The van der Waals surface area contributed by atoms with Gasteiger partial charge < -0.3 is 18.2 Å². The van der Waals surface area contributed by atoms with Crippen molar-refractivity contribution in [2.45, 2.75) is 26.5 Å². The van der Waals surface area contributed by atoms with Crippen molar-refractivity contribution in [3.05, 3.63) is 132 Å². The van der Waals surface area contributed by atoms with Crippen LogP contribution in [-0.4, -0.2) is 81.9 Å². The van der Waals surface area contributed by atoms with Crippen LogP contribution in [0.2, 0.25) is 0 Å². The molecular formula is C41H24N8Na4O12S4. The van der Waals surface area contributed by atoms with E-state index in [9.17, 15) is 51.9 Å². The monoisotopic (exact) mass is 1040 g/mol. The zero-order valence-corrected chi connectivity index (χ0v) is 48.0. The number of hydrogen-bond donors (Lipinski definition) is 0. The van der Waals surface area contributed by atoms with Gasteiger partial charge in [0.25, 0.3) is 0 Å². The van der Waals surface area contributed by atoms with E-state index < -0.39 is 55.2 Å². The SMILES string of the molecule is Cc1cc(-n2nc3ccc4cc(S(=O)(=O)[O-])ccc4c3n2)ccc1N=Nc1ccc(/C=C/c2ccc(-n3nc4cc(S(=O)(=O)[O-])c5ccccc5c4n3)cc2S(=O)(=O)[O-])c(S(=O)(=O)[O-])c1.[Na+].[Na+].[Na+].[Na+]. The third kappa shape index (κ3) is 11.9. The summed E-state index contributed by atoms with van der Waals surface area (Å²) in [6, 6.07) is 26.4. The molecule has 0 aliphatic heterocycles. The quantitative estimate of drug-likeness (QED) is 0.0533. The molecule has 28 heteroatoms. The summed E-state index contributed by atoms with van der Waals surface area (Å²) in [5.74, 6) is 0. The first-order valence-corrected chi connectivity index (χ1v) is 24.2. The number of hydrogen-bond acceptors (Lipinski definition) is 18. The molecule has 0 unspecified atom stereocenters. The van der Waals surface area contributed by atoms with Crippen molar-refractivity contribution in [3.8, 4) is 11.4 Å². The Hall–Kier alpha value is -3.16. The van der Waals surface area contributed by atoms with Crippen LogP contribution in [0.1, 0.15) is 16.7 Å². The number of benzene rings is 7. The zero-order chi connectivity index (χ0) is 46.2. The van der Waals surface area contributed by atoms with E-state index in [4.69, 9.17) is 0 Å². The average Bonchev–Trinajstić information content (AvgIpc) is 3.89. The number of aromatic nitrogens is 6. The van der Waals surface area contributed by atoms with Gasteiger partial charge in [-0.1, -0.05) is 60.7 Å². The summed E-state index contributed by atoms with van der Waals surface area (Å²) in [6.45, 7) is 1.72. The predicted octanol–water partition coefficient (Wildman–Crippen LogP) is -6.01. The van der Waals surface area contributed by atoms with Gasteiger partial charge >= 0.3 is 118 Å². The predicted molar refractivity (Wildman–Crippen MR) is 229 cm³/mol. The molecule has 69 heavy (non-hydrogen) atoms. The van der Waals surface area contributed by atoms with Crippen molar-refractivity contribution in [1.82, 2.24) is 30.0 Å². The summed E-state index contributed by atoms with van der Waals surface area (Å²) in [6.07, 6.45) is 2.24. The van der Waals surface area contributed by atoms with Crippen LogP contribution in [0, 0.1) is 6.92 Å². The Morgan fingerprint density at radius 1 is 0.478 bits per heavy atom. The minimum Gasteiger partial charge on any atom is -0.744 e.